The van der Waals surface area contributed by atoms with Crippen molar-refractivity contribution in [2.75, 3.05) is 5.32 Å². The minimum atomic E-state index is 0.274. The SMILES string of the molecule is NC(=S)c1cccc(Nc2ccc(Cl)c(Br)c2)n1. The third-order valence-corrected chi connectivity index (χ3v) is 3.62. The Morgan fingerprint density at radius 1 is 1.33 bits per heavy atom. The van der Waals surface area contributed by atoms with Crippen LogP contribution in [0.15, 0.2) is 40.9 Å². The monoisotopic (exact) mass is 341 g/mol. The summed E-state index contributed by atoms with van der Waals surface area (Å²) < 4.78 is 0.819. The minimum absolute atomic E-state index is 0.274. The summed E-state index contributed by atoms with van der Waals surface area (Å²) in [5, 5.41) is 3.81. The summed E-state index contributed by atoms with van der Waals surface area (Å²) in [6, 6.07) is 11.0. The summed E-state index contributed by atoms with van der Waals surface area (Å²) in [7, 11) is 0. The molecule has 0 bridgehead atoms. The van der Waals surface area contributed by atoms with E-state index in [-0.39, 0.29) is 4.99 Å². The molecular weight excluding hydrogens is 334 g/mol. The largest absolute Gasteiger partial charge is 0.388 e. The molecule has 0 saturated heterocycles. The fraction of sp³-hybridized carbons (Fsp3) is 0. The second kappa shape index (κ2) is 5.65. The van der Waals surface area contributed by atoms with Crippen LogP contribution in [0.25, 0.3) is 0 Å². The van der Waals surface area contributed by atoms with E-state index in [1.165, 1.54) is 0 Å². The van der Waals surface area contributed by atoms with Crippen molar-refractivity contribution in [3.8, 4) is 0 Å². The van der Waals surface area contributed by atoms with Crippen molar-refractivity contribution in [1.29, 1.82) is 0 Å². The molecule has 2 aromatic rings. The highest BCUT2D eigenvalue weighted by Gasteiger charge is 2.02. The van der Waals surface area contributed by atoms with Gasteiger partial charge in [0.15, 0.2) is 0 Å². The van der Waals surface area contributed by atoms with E-state index in [1.54, 1.807) is 12.1 Å². The molecule has 0 aliphatic rings. The maximum Gasteiger partial charge on any atom is 0.131 e. The topological polar surface area (TPSA) is 50.9 Å². The molecule has 0 aliphatic carbocycles. The zero-order valence-corrected chi connectivity index (χ0v) is 12.3. The Kier molecular flexibility index (Phi) is 4.16. The number of nitrogens with one attached hydrogen (secondary N) is 1. The molecule has 3 nitrogen and oxygen atoms in total. The second-order valence-corrected chi connectivity index (χ2v) is 5.23. The number of hydrogen-bond donors (Lipinski definition) is 2. The Hall–Kier alpha value is -1.17. The van der Waals surface area contributed by atoms with E-state index in [9.17, 15) is 0 Å². The molecule has 18 heavy (non-hydrogen) atoms. The lowest BCUT2D eigenvalue weighted by atomic mass is 10.3. The number of halogens is 2. The predicted molar refractivity (Wildman–Crippen MR) is 82.6 cm³/mol. The van der Waals surface area contributed by atoms with Gasteiger partial charge in [0.05, 0.1) is 10.7 Å². The van der Waals surface area contributed by atoms with Crippen molar-refractivity contribution in [3.63, 3.8) is 0 Å². The number of benzene rings is 1. The first kappa shape index (κ1) is 13.3. The third-order valence-electron chi connectivity index (χ3n) is 2.19. The van der Waals surface area contributed by atoms with Crippen molar-refractivity contribution >= 4 is 56.2 Å². The van der Waals surface area contributed by atoms with Crippen molar-refractivity contribution in [2.24, 2.45) is 5.73 Å². The zero-order chi connectivity index (χ0) is 13.1. The van der Waals surface area contributed by atoms with Crippen molar-refractivity contribution < 1.29 is 0 Å². The van der Waals surface area contributed by atoms with E-state index >= 15 is 0 Å². The number of pyridine rings is 1. The van der Waals surface area contributed by atoms with Crippen LogP contribution in [0.2, 0.25) is 5.02 Å². The molecular formula is C12H9BrClN3S. The van der Waals surface area contributed by atoms with Gasteiger partial charge in [-0.3, -0.25) is 0 Å². The van der Waals surface area contributed by atoms with Crippen LogP contribution in [0.5, 0.6) is 0 Å². The third kappa shape index (κ3) is 3.19. The Morgan fingerprint density at radius 3 is 2.78 bits per heavy atom. The molecule has 0 saturated carbocycles. The van der Waals surface area contributed by atoms with Crippen LogP contribution in [-0.2, 0) is 0 Å². The lowest BCUT2D eigenvalue weighted by Gasteiger charge is -2.08. The van der Waals surface area contributed by atoms with Crippen LogP contribution in [-0.4, -0.2) is 9.97 Å². The molecule has 1 heterocycles. The Bertz CT molecular complexity index is 604. The van der Waals surface area contributed by atoms with Gasteiger partial charge in [-0.2, -0.15) is 0 Å². The molecule has 0 radical (unpaired) electrons. The summed E-state index contributed by atoms with van der Waals surface area (Å²) >= 11 is 14.2. The molecule has 0 fully saturated rings. The molecule has 0 aliphatic heterocycles. The minimum Gasteiger partial charge on any atom is -0.388 e. The van der Waals surface area contributed by atoms with Crippen LogP contribution >= 0.6 is 39.7 Å². The van der Waals surface area contributed by atoms with Gasteiger partial charge in [-0.1, -0.05) is 29.9 Å². The van der Waals surface area contributed by atoms with E-state index in [2.05, 4.69) is 26.2 Å². The number of nitrogens with zero attached hydrogens (tertiary/aromatic N) is 1. The Morgan fingerprint density at radius 2 is 2.11 bits per heavy atom. The molecule has 1 aromatic carbocycles. The van der Waals surface area contributed by atoms with Gasteiger partial charge in [-0.15, -0.1) is 0 Å². The number of thiocarbonyl (C=S) groups is 1. The van der Waals surface area contributed by atoms with Crippen LogP contribution in [0.1, 0.15) is 5.69 Å². The molecule has 92 valence electrons. The summed E-state index contributed by atoms with van der Waals surface area (Å²) in [5.41, 5.74) is 7.00. The number of rotatable bonds is 3. The van der Waals surface area contributed by atoms with Crippen LogP contribution in [0, 0.1) is 0 Å². The fourth-order valence-electron chi connectivity index (χ4n) is 1.36. The van der Waals surface area contributed by atoms with Gasteiger partial charge in [0.1, 0.15) is 10.8 Å². The first-order valence-corrected chi connectivity index (χ1v) is 6.63. The molecule has 1 aromatic heterocycles. The van der Waals surface area contributed by atoms with Gasteiger partial charge in [0.25, 0.3) is 0 Å². The van der Waals surface area contributed by atoms with E-state index in [0.717, 1.165) is 10.2 Å². The normalized spacial score (nSPS) is 10.1. The molecule has 3 N–H and O–H groups in total. The molecule has 6 heteroatoms. The number of nitrogens with two attached hydrogens (primary N) is 1. The van der Waals surface area contributed by atoms with Crippen LogP contribution in [0.3, 0.4) is 0 Å². The van der Waals surface area contributed by atoms with E-state index < -0.39 is 0 Å². The van der Waals surface area contributed by atoms with Gasteiger partial charge >= 0.3 is 0 Å². The highest BCUT2D eigenvalue weighted by Crippen LogP contribution is 2.26. The number of hydrogen-bond acceptors (Lipinski definition) is 3. The summed E-state index contributed by atoms with van der Waals surface area (Å²) in [4.78, 5) is 4.57. The first-order valence-electron chi connectivity index (χ1n) is 5.05. The second-order valence-electron chi connectivity index (χ2n) is 3.53. The van der Waals surface area contributed by atoms with Gasteiger partial charge < -0.3 is 11.1 Å². The molecule has 0 amide bonds. The average Bonchev–Trinajstić information content (AvgIpc) is 2.34. The van der Waals surface area contributed by atoms with Crippen molar-refractivity contribution in [3.05, 3.63) is 51.6 Å². The summed E-state index contributed by atoms with van der Waals surface area (Å²) in [6.45, 7) is 0. The van der Waals surface area contributed by atoms with Crippen LogP contribution < -0.4 is 11.1 Å². The summed E-state index contributed by atoms with van der Waals surface area (Å²) in [5.74, 6) is 0.675. The van der Waals surface area contributed by atoms with Crippen LogP contribution in [0.4, 0.5) is 11.5 Å². The lowest BCUT2D eigenvalue weighted by molar-refractivity contribution is 1.28. The van der Waals surface area contributed by atoms with Gasteiger partial charge in [0.2, 0.25) is 0 Å². The maximum absolute atomic E-state index is 5.93. The average molecular weight is 343 g/mol. The van der Waals surface area contributed by atoms with Crippen molar-refractivity contribution in [2.45, 2.75) is 0 Å². The molecule has 0 unspecified atom stereocenters. The predicted octanol–water partition coefficient (Wildman–Crippen LogP) is 3.88. The number of anilines is 2. The smallest absolute Gasteiger partial charge is 0.131 e. The maximum atomic E-state index is 5.93. The van der Waals surface area contributed by atoms with Gasteiger partial charge in [0, 0.05) is 10.2 Å². The standard InChI is InChI=1S/C12H9BrClN3S/c13-8-6-7(4-5-9(8)14)16-11-3-1-2-10(17-11)12(15)18/h1-6H,(H2,15,18)(H,16,17). The van der Waals surface area contributed by atoms with E-state index in [1.807, 2.05) is 24.3 Å². The quantitative estimate of drug-likeness (QED) is 0.831. The Labute approximate surface area is 123 Å². The number of aromatic nitrogens is 1. The fourth-order valence-corrected chi connectivity index (χ4v) is 1.97. The zero-order valence-electron chi connectivity index (χ0n) is 9.15. The molecule has 0 atom stereocenters. The first-order chi connectivity index (χ1) is 8.56. The summed E-state index contributed by atoms with van der Waals surface area (Å²) in [6.07, 6.45) is 0. The highest BCUT2D eigenvalue weighted by atomic mass is 79.9. The van der Waals surface area contributed by atoms with Crippen molar-refractivity contribution in [1.82, 2.24) is 4.98 Å². The van der Waals surface area contributed by atoms with Gasteiger partial charge in [-0.05, 0) is 46.3 Å². The lowest BCUT2D eigenvalue weighted by Crippen LogP contribution is -2.12. The Balaban J connectivity index is 2.25. The van der Waals surface area contributed by atoms with E-state index in [4.69, 9.17) is 29.6 Å². The molecule has 2 rings (SSSR count). The highest BCUT2D eigenvalue weighted by molar-refractivity contribution is 9.10. The van der Waals surface area contributed by atoms with E-state index in [0.29, 0.717) is 16.5 Å². The van der Waals surface area contributed by atoms with Gasteiger partial charge in [-0.25, -0.2) is 4.98 Å². The molecule has 0 spiro atoms.